The van der Waals surface area contributed by atoms with Gasteiger partial charge in [-0.05, 0) is 46.5 Å². The molecule has 30 heavy (non-hydrogen) atoms. The number of hydrogen-bond acceptors (Lipinski definition) is 10. The van der Waals surface area contributed by atoms with Crippen LogP contribution < -0.4 is 10.1 Å². The molecule has 1 atom stereocenters. The van der Waals surface area contributed by atoms with Gasteiger partial charge in [-0.3, -0.25) is 4.79 Å². The van der Waals surface area contributed by atoms with E-state index in [-0.39, 0.29) is 34.5 Å². The van der Waals surface area contributed by atoms with Gasteiger partial charge in [-0.25, -0.2) is 4.79 Å². The van der Waals surface area contributed by atoms with Gasteiger partial charge >= 0.3 is 5.97 Å². The number of thiophene rings is 1. The number of aromatic hydroxyl groups is 1. The van der Waals surface area contributed by atoms with Crippen LogP contribution in [0.5, 0.6) is 11.5 Å². The van der Waals surface area contributed by atoms with E-state index in [0.717, 1.165) is 0 Å². The lowest BCUT2D eigenvalue weighted by atomic mass is 9.91. The number of methoxy groups -OCH3 is 1. The van der Waals surface area contributed by atoms with Crippen LogP contribution >= 0.6 is 11.3 Å². The highest BCUT2D eigenvalue weighted by molar-refractivity contribution is 7.12. The first kappa shape index (κ1) is 19.6. The molecule has 11 heteroatoms. The zero-order valence-corrected chi connectivity index (χ0v) is 16.8. The van der Waals surface area contributed by atoms with Crippen LogP contribution in [-0.4, -0.2) is 50.8 Å². The van der Waals surface area contributed by atoms with Crippen molar-refractivity contribution in [3.8, 4) is 11.5 Å². The molecule has 3 aromatic rings. The molecular weight excluding hydrogens is 410 g/mol. The number of hydrogen-bond donors (Lipinski definition) is 2. The molecule has 0 fully saturated rings. The van der Waals surface area contributed by atoms with Gasteiger partial charge in [0.15, 0.2) is 11.5 Å². The van der Waals surface area contributed by atoms with Gasteiger partial charge in [-0.15, -0.1) is 11.3 Å². The van der Waals surface area contributed by atoms with Crippen LogP contribution in [0.1, 0.15) is 28.2 Å². The van der Waals surface area contributed by atoms with E-state index in [9.17, 15) is 14.7 Å². The van der Waals surface area contributed by atoms with E-state index in [0.29, 0.717) is 17.0 Å². The molecule has 2 aromatic heterocycles. The Morgan fingerprint density at radius 2 is 2.17 bits per heavy atom. The molecule has 2 N–H and O–H groups in total. The molecule has 4 rings (SSSR count). The average Bonchev–Trinajstić information content (AvgIpc) is 3.45. The van der Waals surface area contributed by atoms with Crippen molar-refractivity contribution in [1.82, 2.24) is 20.2 Å². The SMILES string of the molecule is CCOc1cc(C2C(C(=O)c3cccs3)=C(C(=O)OC)Nc3nnnn32)ccc1O. The number of ketones is 1. The van der Waals surface area contributed by atoms with Crippen molar-refractivity contribution in [1.29, 1.82) is 0 Å². The summed E-state index contributed by atoms with van der Waals surface area (Å²) in [6.45, 7) is 2.13. The summed E-state index contributed by atoms with van der Waals surface area (Å²) in [5.41, 5.74) is 0.624. The maximum atomic E-state index is 13.4. The second kappa shape index (κ2) is 7.95. The van der Waals surface area contributed by atoms with Crippen LogP contribution in [0.4, 0.5) is 5.95 Å². The Morgan fingerprint density at radius 3 is 2.87 bits per heavy atom. The van der Waals surface area contributed by atoms with Crippen molar-refractivity contribution >= 4 is 29.0 Å². The first-order chi connectivity index (χ1) is 14.5. The fraction of sp³-hybridized carbons (Fsp3) is 0.211. The van der Waals surface area contributed by atoms with E-state index < -0.39 is 12.0 Å². The lowest BCUT2D eigenvalue weighted by molar-refractivity contribution is -0.136. The van der Waals surface area contributed by atoms with Crippen LogP contribution in [0, 0.1) is 0 Å². The number of nitrogens with zero attached hydrogens (tertiary/aromatic N) is 4. The van der Waals surface area contributed by atoms with Gasteiger partial charge in [0.25, 0.3) is 0 Å². The van der Waals surface area contributed by atoms with Crippen molar-refractivity contribution in [2.24, 2.45) is 0 Å². The van der Waals surface area contributed by atoms with Crippen LogP contribution in [-0.2, 0) is 9.53 Å². The quantitative estimate of drug-likeness (QED) is 0.449. The lowest BCUT2D eigenvalue weighted by Gasteiger charge is -2.28. The van der Waals surface area contributed by atoms with Crippen LogP contribution in [0.15, 0.2) is 47.0 Å². The number of Topliss-reactive ketones (excluding diaryl/α,β-unsaturated/α-hetero) is 1. The topological polar surface area (TPSA) is 128 Å². The largest absolute Gasteiger partial charge is 0.504 e. The van der Waals surface area contributed by atoms with Gasteiger partial charge in [0.05, 0.1) is 24.2 Å². The molecule has 0 aliphatic carbocycles. The van der Waals surface area contributed by atoms with Crippen LogP contribution in [0.3, 0.4) is 0 Å². The third-order valence-electron chi connectivity index (χ3n) is 4.50. The Balaban J connectivity index is 1.95. The number of ether oxygens (including phenoxy) is 2. The van der Waals surface area contributed by atoms with E-state index in [1.807, 2.05) is 0 Å². The maximum Gasteiger partial charge on any atom is 0.355 e. The van der Waals surface area contributed by atoms with Gasteiger partial charge < -0.3 is 19.9 Å². The zero-order chi connectivity index (χ0) is 21.3. The number of nitrogens with one attached hydrogen (secondary N) is 1. The molecule has 1 unspecified atom stereocenters. The molecule has 1 aromatic carbocycles. The number of benzene rings is 1. The number of carbonyl (C=O) groups excluding carboxylic acids is 2. The van der Waals surface area contributed by atoms with E-state index in [1.54, 1.807) is 36.6 Å². The second-order valence-electron chi connectivity index (χ2n) is 6.22. The number of allylic oxidation sites excluding steroid dienone is 1. The summed E-state index contributed by atoms with van der Waals surface area (Å²) < 4.78 is 11.8. The highest BCUT2D eigenvalue weighted by Crippen LogP contribution is 2.39. The lowest BCUT2D eigenvalue weighted by Crippen LogP contribution is -2.32. The number of rotatable bonds is 6. The summed E-state index contributed by atoms with van der Waals surface area (Å²) in [4.78, 5) is 26.4. The Morgan fingerprint density at radius 1 is 1.33 bits per heavy atom. The monoisotopic (exact) mass is 427 g/mol. The molecule has 1 aliphatic heterocycles. The summed E-state index contributed by atoms with van der Waals surface area (Å²) in [5, 5.41) is 26.2. The van der Waals surface area contributed by atoms with Crippen molar-refractivity contribution < 1.29 is 24.2 Å². The molecule has 0 spiro atoms. The first-order valence-electron chi connectivity index (χ1n) is 8.96. The average molecular weight is 427 g/mol. The summed E-state index contributed by atoms with van der Waals surface area (Å²) in [6, 6.07) is 7.24. The summed E-state index contributed by atoms with van der Waals surface area (Å²) >= 11 is 1.25. The number of phenolic OH excluding ortho intramolecular Hbond substituents is 1. The van der Waals surface area contributed by atoms with Crippen LogP contribution in [0.2, 0.25) is 0 Å². The fourth-order valence-corrected chi connectivity index (χ4v) is 3.89. The predicted molar refractivity (Wildman–Crippen MR) is 107 cm³/mol. The minimum absolute atomic E-state index is 0.0465. The van der Waals surface area contributed by atoms with Gasteiger partial charge in [-0.2, -0.15) is 4.68 Å². The minimum Gasteiger partial charge on any atom is -0.504 e. The third-order valence-corrected chi connectivity index (χ3v) is 5.36. The predicted octanol–water partition coefficient (Wildman–Crippen LogP) is 2.16. The van der Waals surface area contributed by atoms with E-state index in [2.05, 4.69) is 20.8 Å². The van der Waals surface area contributed by atoms with Crippen molar-refractivity contribution in [3.63, 3.8) is 0 Å². The molecule has 0 saturated heterocycles. The maximum absolute atomic E-state index is 13.4. The number of fused-ring (bicyclic) bond motifs is 1. The molecule has 0 amide bonds. The Kier molecular flexibility index (Phi) is 5.19. The number of anilines is 1. The molecule has 1 aliphatic rings. The molecule has 3 heterocycles. The van der Waals surface area contributed by atoms with Crippen LogP contribution in [0.25, 0.3) is 0 Å². The molecule has 154 valence electrons. The Labute approximate surface area is 174 Å². The number of esters is 1. The Hall–Kier alpha value is -3.73. The molecule has 0 bridgehead atoms. The standard InChI is InChI=1S/C19H17N5O5S/c1-3-29-12-9-10(6-7-11(12)25)16-14(17(26)13-5-4-8-30-13)15(18(27)28-2)20-19-21-22-23-24(16)19/h4-9,16,25H,3H2,1-2H3,(H,20,21,23). The zero-order valence-electron chi connectivity index (χ0n) is 16.0. The van der Waals surface area contributed by atoms with E-state index in [1.165, 1.54) is 29.2 Å². The smallest absolute Gasteiger partial charge is 0.355 e. The highest BCUT2D eigenvalue weighted by Gasteiger charge is 2.39. The normalized spacial score (nSPS) is 15.3. The van der Waals surface area contributed by atoms with Crippen molar-refractivity contribution in [3.05, 3.63) is 57.4 Å². The molecule has 10 nitrogen and oxygen atoms in total. The fourth-order valence-electron chi connectivity index (χ4n) is 3.21. The van der Waals surface area contributed by atoms with Gasteiger partial charge in [0, 0.05) is 0 Å². The summed E-state index contributed by atoms with van der Waals surface area (Å²) in [7, 11) is 1.23. The second-order valence-corrected chi connectivity index (χ2v) is 7.17. The minimum atomic E-state index is -0.847. The highest BCUT2D eigenvalue weighted by atomic mass is 32.1. The van der Waals surface area contributed by atoms with E-state index >= 15 is 0 Å². The first-order valence-corrected chi connectivity index (χ1v) is 9.84. The summed E-state index contributed by atoms with van der Waals surface area (Å²) in [5.74, 6) is -0.720. The van der Waals surface area contributed by atoms with Crippen molar-refractivity contribution in [2.45, 2.75) is 13.0 Å². The number of tetrazole rings is 1. The molecule has 0 saturated carbocycles. The summed E-state index contributed by atoms with van der Waals surface area (Å²) in [6.07, 6.45) is 0. The van der Waals surface area contributed by atoms with Crippen molar-refractivity contribution in [2.75, 3.05) is 19.0 Å². The van der Waals surface area contributed by atoms with Gasteiger partial charge in [0.1, 0.15) is 11.7 Å². The Bertz CT molecular complexity index is 1140. The van der Waals surface area contributed by atoms with Gasteiger partial charge in [-0.1, -0.05) is 17.2 Å². The van der Waals surface area contributed by atoms with Gasteiger partial charge in [0.2, 0.25) is 11.7 Å². The molecule has 0 radical (unpaired) electrons. The van der Waals surface area contributed by atoms with E-state index in [4.69, 9.17) is 9.47 Å². The number of phenols is 1. The number of carbonyl (C=O) groups is 2. The number of aromatic nitrogens is 4. The third kappa shape index (κ3) is 3.28. The molecular formula is C19H17N5O5S.